The Morgan fingerprint density at radius 2 is 1.42 bits per heavy atom. The van der Waals surface area contributed by atoms with Crippen molar-refractivity contribution >= 4 is 11.9 Å². The summed E-state index contributed by atoms with van der Waals surface area (Å²) in [5.74, 6) is -1.06. The lowest BCUT2D eigenvalue weighted by Gasteiger charge is -2.71. The maximum Gasteiger partial charge on any atom is 0.310 e. The molecular formula is C48H76O17. The summed E-state index contributed by atoms with van der Waals surface area (Å²) in [4.78, 5) is 24.6. The molecule has 370 valence electrons. The van der Waals surface area contributed by atoms with Crippen molar-refractivity contribution in [2.45, 2.75) is 206 Å². The highest BCUT2D eigenvalue weighted by atomic mass is 16.8. The molecular weight excluding hydrogens is 849 g/mol. The molecule has 65 heavy (non-hydrogen) atoms. The van der Waals surface area contributed by atoms with Gasteiger partial charge in [-0.3, -0.25) is 9.59 Å². The van der Waals surface area contributed by atoms with Crippen molar-refractivity contribution < 1.29 is 83.6 Å². The molecule has 0 bridgehead atoms. The molecule has 22 atom stereocenters. The van der Waals surface area contributed by atoms with Crippen molar-refractivity contribution in [2.24, 2.45) is 50.2 Å². The summed E-state index contributed by atoms with van der Waals surface area (Å²) in [7, 11) is 0. The maximum absolute atomic E-state index is 13.1. The lowest BCUT2D eigenvalue weighted by Crippen LogP contribution is -2.67. The number of hydrogen-bond acceptors (Lipinski definition) is 16. The average Bonchev–Trinajstić information content (AvgIpc) is 3.24. The Balaban J connectivity index is 1.00. The number of fused-ring (bicyclic) bond motifs is 7. The molecule has 8 aliphatic rings. The summed E-state index contributed by atoms with van der Waals surface area (Å²) in [6, 6.07) is 0. The second kappa shape index (κ2) is 17.5. The number of allylic oxidation sites excluding steroid dienone is 2. The third kappa shape index (κ3) is 7.96. The molecule has 5 aliphatic carbocycles. The standard InChI is InChI=1S/C48H76O17/c1-23-32(52)37(64-39-35(55)34(54)28(21-60-39)62-24(2)50)36(56)40(61-23)65-38-33(53)27(51)20-59-41(38)63-31-12-13-44(5)29(45(31,6)22-49)11-14-47(8)30(44)10-9-25-26-19-43(3,4)15-17-48(26,42(57)58)18-16-46(25,47)7/h9,23,26-41,49,51-56H,10-22H2,1-8H3,(H,57,58)/t23-,26-,27-,28+,29+,30+,31-,32-,33-,34-,35+,36+,37+,38+,39-,40-,41-,44-,45-,46+,47+,48?/m0/s1. The van der Waals surface area contributed by atoms with Gasteiger partial charge >= 0.3 is 11.9 Å². The van der Waals surface area contributed by atoms with Gasteiger partial charge in [0.2, 0.25) is 0 Å². The molecule has 0 aromatic heterocycles. The number of carbonyl (C=O) groups is 2. The van der Waals surface area contributed by atoms with Crippen molar-refractivity contribution in [3.63, 3.8) is 0 Å². The van der Waals surface area contributed by atoms with Crippen LogP contribution in [0.4, 0.5) is 0 Å². The lowest BCUT2D eigenvalue weighted by atomic mass is 9.33. The van der Waals surface area contributed by atoms with Gasteiger partial charge in [0, 0.05) is 12.3 Å². The van der Waals surface area contributed by atoms with Gasteiger partial charge < -0.3 is 74.0 Å². The van der Waals surface area contributed by atoms with Crippen molar-refractivity contribution in [1.82, 2.24) is 0 Å². The maximum atomic E-state index is 13.1. The van der Waals surface area contributed by atoms with Gasteiger partial charge in [0.1, 0.15) is 48.8 Å². The summed E-state index contributed by atoms with van der Waals surface area (Å²) < 4.78 is 41.4. The summed E-state index contributed by atoms with van der Waals surface area (Å²) in [5, 5.41) is 88.5. The highest BCUT2D eigenvalue weighted by Crippen LogP contribution is 2.76. The van der Waals surface area contributed by atoms with E-state index in [4.69, 9.17) is 33.2 Å². The highest BCUT2D eigenvalue weighted by Gasteiger charge is 2.70. The Bertz CT molecular complexity index is 1810. The number of aliphatic carboxylic acids is 1. The number of esters is 1. The first-order valence-corrected chi connectivity index (χ1v) is 24.0. The van der Waals surface area contributed by atoms with E-state index >= 15 is 0 Å². The van der Waals surface area contributed by atoms with E-state index < -0.39 is 109 Å². The fourth-order valence-electron chi connectivity index (χ4n) is 14.8. The van der Waals surface area contributed by atoms with Gasteiger partial charge in [-0.1, -0.05) is 53.2 Å². The van der Waals surface area contributed by atoms with Crippen molar-refractivity contribution in [3.8, 4) is 0 Å². The van der Waals surface area contributed by atoms with Crippen LogP contribution in [0.1, 0.15) is 120 Å². The first kappa shape index (κ1) is 49.6. The second-order valence-corrected chi connectivity index (χ2v) is 23.0. The SMILES string of the molecule is CC(=O)O[C@@H]1CO[C@@H](O[C@@H]2[C@@H](O)[C@H](C)O[C@@H](O[C@H]3[C@H](O[C@H]4CC[C@@]5(C)[C@@H](CC[C@]6(C)[C@@H]5CC=C5[C@@H]7CC(C)(C)CCC7(C(=O)O)CC[C@]56C)[C@]4(C)CO)OC[C@H](O)[C@@H]3O)[C@@H]2O)[C@H](O)[C@H]1O. The predicted molar refractivity (Wildman–Crippen MR) is 228 cm³/mol. The topological polar surface area (TPSA) is 261 Å². The Labute approximate surface area is 382 Å². The number of hydrogen-bond donors (Lipinski definition) is 8. The van der Waals surface area contributed by atoms with E-state index in [9.17, 15) is 50.4 Å². The van der Waals surface area contributed by atoms with Gasteiger partial charge in [-0.25, -0.2) is 0 Å². The molecule has 0 spiro atoms. The van der Waals surface area contributed by atoms with Crippen LogP contribution in [0.2, 0.25) is 0 Å². The summed E-state index contributed by atoms with van der Waals surface area (Å²) in [5.41, 5.74) is -0.577. The van der Waals surface area contributed by atoms with E-state index in [-0.39, 0.29) is 59.2 Å². The fourth-order valence-corrected chi connectivity index (χ4v) is 14.8. The lowest BCUT2D eigenvalue weighted by molar-refractivity contribution is -0.379. The van der Waals surface area contributed by atoms with Crippen molar-refractivity contribution in [1.29, 1.82) is 0 Å². The smallest absolute Gasteiger partial charge is 0.310 e. The Kier molecular flexibility index (Phi) is 13.4. The molecule has 3 aliphatic heterocycles. The second-order valence-electron chi connectivity index (χ2n) is 23.0. The predicted octanol–water partition coefficient (Wildman–Crippen LogP) is 2.56. The average molecular weight is 925 g/mol. The highest BCUT2D eigenvalue weighted by molar-refractivity contribution is 5.76. The number of aliphatic hydroxyl groups excluding tert-OH is 7. The molecule has 3 saturated heterocycles. The van der Waals surface area contributed by atoms with Gasteiger partial charge in [0.15, 0.2) is 25.0 Å². The molecule has 0 amide bonds. The quantitative estimate of drug-likeness (QED) is 0.0939. The van der Waals surface area contributed by atoms with Gasteiger partial charge in [-0.2, -0.15) is 0 Å². The number of carboxylic acid groups (broad SMARTS) is 1. The summed E-state index contributed by atoms with van der Waals surface area (Å²) in [6.45, 7) is 15.7. The zero-order valence-corrected chi connectivity index (χ0v) is 39.3. The van der Waals surface area contributed by atoms with Crippen LogP contribution in [-0.2, 0) is 42.7 Å². The molecule has 0 aromatic carbocycles. The van der Waals surface area contributed by atoms with Crippen LogP contribution in [0.25, 0.3) is 0 Å². The van der Waals surface area contributed by atoms with Gasteiger partial charge in [0.05, 0.1) is 37.4 Å². The summed E-state index contributed by atoms with van der Waals surface area (Å²) in [6.07, 6.45) is -9.35. The van der Waals surface area contributed by atoms with Crippen LogP contribution in [-0.4, -0.2) is 159 Å². The van der Waals surface area contributed by atoms with E-state index in [1.54, 1.807) is 0 Å². The Hall–Kier alpha value is -1.84. The zero-order valence-electron chi connectivity index (χ0n) is 39.3. The third-order valence-electron chi connectivity index (χ3n) is 19.0. The number of carbonyl (C=O) groups excluding carboxylic acids is 1. The molecule has 8 rings (SSSR count). The largest absolute Gasteiger partial charge is 0.481 e. The van der Waals surface area contributed by atoms with Crippen LogP contribution in [0, 0.1) is 50.2 Å². The van der Waals surface area contributed by atoms with E-state index in [0.29, 0.717) is 19.3 Å². The van der Waals surface area contributed by atoms with Crippen LogP contribution < -0.4 is 0 Å². The van der Waals surface area contributed by atoms with Crippen LogP contribution >= 0.6 is 0 Å². The molecule has 4 saturated carbocycles. The van der Waals surface area contributed by atoms with Gasteiger partial charge in [-0.05, 0) is 111 Å². The first-order chi connectivity index (χ1) is 30.4. The first-order valence-electron chi connectivity index (χ1n) is 24.0. The minimum absolute atomic E-state index is 0.000155. The third-order valence-corrected chi connectivity index (χ3v) is 19.0. The monoisotopic (exact) mass is 925 g/mol. The fraction of sp³-hybridized carbons (Fsp3) is 0.917. The van der Waals surface area contributed by atoms with E-state index in [1.165, 1.54) is 12.5 Å². The number of rotatable bonds is 9. The van der Waals surface area contributed by atoms with Crippen molar-refractivity contribution in [3.05, 3.63) is 11.6 Å². The number of ether oxygens (including phenoxy) is 7. The van der Waals surface area contributed by atoms with Crippen molar-refractivity contribution in [2.75, 3.05) is 19.8 Å². The Morgan fingerprint density at radius 1 is 0.738 bits per heavy atom. The van der Waals surface area contributed by atoms with Gasteiger partial charge in [0.25, 0.3) is 0 Å². The van der Waals surface area contributed by atoms with Gasteiger partial charge in [-0.15, -0.1) is 0 Å². The number of carboxylic acids is 1. The van der Waals surface area contributed by atoms with Crippen LogP contribution in [0.15, 0.2) is 11.6 Å². The van der Waals surface area contributed by atoms with E-state index in [1.807, 2.05) is 0 Å². The zero-order chi connectivity index (χ0) is 47.4. The number of aliphatic hydroxyl groups is 7. The molecule has 3 heterocycles. The molecule has 17 heteroatoms. The molecule has 0 radical (unpaired) electrons. The van der Waals surface area contributed by atoms with E-state index in [0.717, 1.165) is 51.9 Å². The molecule has 1 unspecified atom stereocenters. The molecule has 7 fully saturated rings. The molecule has 17 nitrogen and oxygen atoms in total. The van der Waals surface area contributed by atoms with Crippen LogP contribution in [0.3, 0.4) is 0 Å². The van der Waals surface area contributed by atoms with Crippen LogP contribution in [0.5, 0.6) is 0 Å². The van der Waals surface area contributed by atoms with E-state index in [2.05, 4.69) is 47.6 Å². The molecule has 0 aromatic rings. The normalized spacial score (nSPS) is 53.0. The minimum Gasteiger partial charge on any atom is -0.481 e. The summed E-state index contributed by atoms with van der Waals surface area (Å²) >= 11 is 0. The molecule has 8 N–H and O–H groups in total. The Morgan fingerprint density at radius 3 is 2.09 bits per heavy atom. The minimum atomic E-state index is -1.76.